The summed E-state index contributed by atoms with van der Waals surface area (Å²) >= 11 is 0. The van der Waals surface area contributed by atoms with E-state index in [4.69, 9.17) is 4.74 Å². The van der Waals surface area contributed by atoms with Gasteiger partial charge in [-0.1, -0.05) is 42.0 Å². The van der Waals surface area contributed by atoms with Gasteiger partial charge in [0.25, 0.3) is 11.7 Å². The van der Waals surface area contributed by atoms with Crippen LogP contribution < -0.4 is 4.74 Å². The van der Waals surface area contributed by atoms with E-state index in [0.717, 1.165) is 11.1 Å². The zero-order valence-electron chi connectivity index (χ0n) is 21.5. The maximum atomic E-state index is 13.2. The standard InChI is InChI=1S/C31H29N3O5/c1-21-5-2-6-22(17-21)19-39-26-11-9-23(10-12-26)29(36)27-28(24-7-3-8-25(35)18-24)34(31(38)30(27)37)15-4-14-33-16-13-32-20-33/h2-3,5-13,16-18,20,28,35-36H,4,14-15,19H2,1H3/b29-27+/t28-/m1/s1. The lowest BCUT2D eigenvalue weighted by Gasteiger charge is -2.25. The smallest absolute Gasteiger partial charge is 0.295 e. The van der Waals surface area contributed by atoms with Crippen molar-refractivity contribution in [2.45, 2.75) is 32.5 Å². The molecule has 0 bridgehead atoms. The van der Waals surface area contributed by atoms with Gasteiger partial charge in [0, 0.05) is 31.0 Å². The predicted molar refractivity (Wildman–Crippen MR) is 146 cm³/mol. The molecule has 198 valence electrons. The second-order valence-corrected chi connectivity index (χ2v) is 9.54. The van der Waals surface area contributed by atoms with E-state index in [1.807, 2.05) is 35.9 Å². The molecule has 8 nitrogen and oxygen atoms in total. The highest BCUT2D eigenvalue weighted by Crippen LogP contribution is 2.40. The minimum Gasteiger partial charge on any atom is -0.508 e. The maximum Gasteiger partial charge on any atom is 0.295 e. The molecule has 2 N–H and O–H groups in total. The van der Waals surface area contributed by atoms with Gasteiger partial charge in [-0.2, -0.15) is 0 Å². The van der Waals surface area contributed by atoms with Crippen molar-refractivity contribution in [1.82, 2.24) is 14.5 Å². The molecule has 2 heterocycles. The first-order chi connectivity index (χ1) is 18.9. The minimum absolute atomic E-state index is 0.00612. The van der Waals surface area contributed by atoms with Crippen LogP contribution >= 0.6 is 0 Å². The Morgan fingerprint density at radius 3 is 2.51 bits per heavy atom. The summed E-state index contributed by atoms with van der Waals surface area (Å²) in [5.74, 6) is -1.11. The van der Waals surface area contributed by atoms with Crippen molar-refractivity contribution < 1.29 is 24.5 Å². The van der Waals surface area contributed by atoms with Crippen LogP contribution in [0.3, 0.4) is 0 Å². The fraction of sp³-hybridized carbons (Fsp3) is 0.194. The lowest BCUT2D eigenvalue weighted by Crippen LogP contribution is -2.31. The van der Waals surface area contributed by atoms with Crippen LogP contribution in [0.4, 0.5) is 0 Å². The van der Waals surface area contributed by atoms with Crippen molar-refractivity contribution in [2.24, 2.45) is 0 Å². The number of hydrogen-bond donors (Lipinski definition) is 2. The first-order valence-electron chi connectivity index (χ1n) is 12.7. The van der Waals surface area contributed by atoms with E-state index in [0.29, 0.717) is 36.4 Å². The summed E-state index contributed by atoms with van der Waals surface area (Å²) in [5, 5.41) is 21.4. The average molecular weight is 524 g/mol. The number of likely N-dealkylation sites (tertiary alicyclic amines) is 1. The summed E-state index contributed by atoms with van der Waals surface area (Å²) in [6.07, 6.45) is 5.77. The van der Waals surface area contributed by atoms with Crippen molar-refractivity contribution in [1.29, 1.82) is 0 Å². The zero-order chi connectivity index (χ0) is 27.4. The average Bonchev–Trinajstić information content (AvgIpc) is 3.54. The number of amides is 1. The van der Waals surface area contributed by atoms with Crippen molar-refractivity contribution in [3.05, 3.63) is 119 Å². The topological polar surface area (TPSA) is 105 Å². The van der Waals surface area contributed by atoms with E-state index in [9.17, 15) is 19.8 Å². The largest absolute Gasteiger partial charge is 0.508 e. The van der Waals surface area contributed by atoms with Crippen LogP contribution in [0.25, 0.3) is 5.76 Å². The number of aliphatic hydroxyl groups is 1. The second kappa shape index (κ2) is 11.3. The molecule has 1 saturated heterocycles. The van der Waals surface area contributed by atoms with Crippen molar-refractivity contribution in [3.63, 3.8) is 0 Å². The number of imidazole rings is 1. The number of ether oxygens (including phenoxy) is 1. The summed E-state index contributed by atoms with van der Waals surface area (Å²) in [5.41, 5.74) is 3.11. The van der Waals surface area contributed by atoms with E-state index in [2.05, 4.69) is 11.1 Å². The van der Waals surface area contributed by atoms with Gasteiger partial charge in [0.2, 0.25) is 0 Å². The number of rotatable bonds is 9. The Morgan fingerprint density at radius 2 is 1.79 bits per heavy atom. The normalized spacial score (nSPS) is 16.5. The summed E-state index contributed by atoms with van der Waals surface area (Å²) in [4.78, 5) is 31.9. The van der Waals surface area contributed by atoms with E-state index < -0.39 is 17.7 Å². The molecule has 3 aromatic carbocycles. The lowest BCUT2D eigenvalue weighted by atomic mass is 9.95. The number of aromatic nitrogens is 2. The summed E-state index contributed by atoms with van der Waals surface area (Å²) in [6.45, 7) is 3.31. The molecule has 1 aliphatic rings. The first kappa shape index (κ1) is 25.8. The number of aryl methyl sites for hydroxylation is 2. The maximum absolute atomic E-state index is 13.2. The molecule has 0 unspecified atom stereocenters. The van der Waals surface area contributed by atoms with E-state index in [1.54, 1.807) is 48.9 Å². The van der Waals surface area contributed by atoms with Crippen LogP contribution in [0, 0.1) is 6.92 Å². The predicted octanol–water partition coefficient (Wildman–Crippen LogP) is 4.99. The molecule has 0 spiro atoms. The molecule has 39 heavy (non-hydrogen) atoms. The van der Waals surface area contributed by atoms with Gasteiger partial charge in [0.1, 0.15) is 23.9 Å². The highest BCUT2D eigenvalue weighted by atomic mass is 16.5. The molecular formula is C31H29N3O5. The number of carbonyl (C=O) groups is 2. The van der Waals surface area contributed by atoms with Gasteiger partial charge in [-0.25, -0.2) is 4.98 Å². The molecule has 0 radical (unpaired) electrons. The van der Waals surface area contributed by atoms with E-state index in [1.165, 1.54) is 17.0 Å². The third-order valence-corrected chi connectivity index (χ3v) is 6.72. The SMILES string of the molecule is Cc1cccc(COc2ccc(/C(O)=C3\C(=O)C(=O)N(CCCn4ccnc4)[C@@H]3c3cccc(O)c3)cc2)c1. The highest BCUT2D eigenvalue weighted by molar-refractivity contribution is 6.46. The molecule has 0 saturated carbocycles. The third kappa shape index (κ3) is 5.70. The van der Waals surface area contributed by atoms with Crippen LogP contribution in [0.1, 0.15) is 34.7 Å². The molecule has 1 aliphatic heterocycles. The molecule has 0 aliphatic carbocycles. The van der Waals surface area contributed by atoms with Crippen molar-refractivity contribution >= 4 is 17.4 Å². The Balaban J connectivity index is 1.41. The second-order valence-electron chi connectivity index (χ2n) is 9.54. The Kier molecular flexibility index (Phi) is 7.45. The van der Waals surface area contributed by atoms with Gasteiger partial charge in [-0.05, 0) is 60.9 Å². The molecule has 8 heteroatoms. The Hall–Kier alpha value is -4.85. The molecular weight excluding hydrogens is 494 g/mol. The van der Waals surface area contributed by atoms with Gasteiger partial charge in [-0.3, -0.25) is 9.59 Å². The van der Waals surface area contributed by atoms with E-state index in [-0.39, 0.29) is 23.6 Å². The molecule has 1 fully saturated rings. The fourth-order valence-electron chi connectivity index (χ4n) is 4.83. The number of aliphatic hydroxyl groups excluding tert-OH is 1. The molecule has 1 aromatic heterocycles. The quantitative estimate of drug-likeness (QED) is 0.182. The molecule has 1 atom stereocenters. The number of aromatic hydroxyl groups is 1. The highest BCUT2D eigenvalue weighted by Gasteiger charge is 2.45. The van der Waals surface area contributed by atoms with Crippen LogP contribution in [0.15, 0.2) is 97.1 Å². The molecule has 1 amide bonds. The van der Waals surface area contributed by atoms with Gasteiger partial charge >= 0.3 is 0 Å². The zero-order valence-corrected chi connectivity index (χ0v) is 21.5. The number of phenolic OH excluding ortho intramolecular Hbond substituents is 1. The number of carbonyl (C=O) groups excluding carboxylic acids is 2. The third-order valence-electron chi connectivity index (χ3n) is 6.72. The minimum atomic E-state index is -0.836. The monoisotopic (exact) mass is 523 g/mol. The van der Waals surface area contributed by atoms with Crippen LogP contribution in [0.2, 0.25) is 0 Å². The number of Topliss-reactive ketones (excluding diaryl/α,β-unsaturated/α-hetero) is 1. The Bertz CT molecular complexity index is 1510. The number of phenols is 1. The van der Waals surface area contributed by atoms with Crippen molar-refractivity contribution in [3.8, 4) is 11.5 Å². The van der Waals surface area contributed by atoms with Crippen LogP contribution in [0.5, 0.6) is 11.5 Å². The van der Waals surface area contributed by atoms with E-state index >= 15 is 0 Å². The van der Waals surface area contributed by atoms with Gasteiger partial charge in [-0.15, -0.1) is 0 Å². The fourth-order valence-corrected chi connectivity index (χ4v) is 4.83. The number of benzene rings is 3. The first-order valence-corrected chi connectivity index (χ1v) is 12.7. The summed E-state index contributed by atoms with van der Waals surface area (Å²) in [7, 11) is 0. The Labute approximate surface area is 226 Å². The number of ketones is 1. The van der Waals surface area contributed by atoms with Crippen LogP contribution in [-0.2, 0) is 22.7 Å². The van der Waals surface area contributed by atoms with Gasteiger partial charge < -0.3 is 24.4 Å². The molecule has 5 rings (SSSR count). The van der Waals surface area contributed by atoms with Crippen LogP contribution in [-0.4, -0.2) is 42.9 Å². The summed E-state index contributed by atoms with van der Waals surface area (Å²) < 4.78 is 7.77. The van der Waals surface area contributed by atoms with Gasteiger partial charge in [0.05, 0.1) is 17.9 Å². The van der Waals surface area contributed by atoms with Gasteiger partial charge in [0.15, 0.2) is 0 Å². The molecule has 4 aromatic rings. The summed E-state index contributed by atoms with van der Waals surface area (Å²) in [6, 6.07) is 20.4. The van der Waals surface area contributed by atoms with Crippen molar-refractivity contribution in [2.75, 3.05) is 6.54 Å². The lowest BCUT2D eigenvalue weighted by molar-refractivity contribution is -0.139. The number of nitrogens with zero attached hydrogens (tertiary/aromatic N) is 3. The Morgan fingerprint density at radius 1 is 1.00 bits per heavy atom. The number of hydrogen-bond acceptors (Lipinski definition) is 6.